The third kappa shape index (κ3) is 3.08. The Balaban J connectivity index is 2.15. The van der Waals surface area contributed by atoms with Gasteiger partial charge in [0.2, 0.25) is 0 Å². The van der Waals surface area contributed by atoms with Crippen LogP contribution in [0.25, 0.3) is 0 Å². The number of carbonyl (C=O) groups is 1. The highest BCUT2D eigenvalue weighted by Gasteiger charge is 2.19. The molecule has 0 bridgehead atoms. The molecule has 2 aromatic rings. The fourth-order valence-electron chi connectivity index (χ4n) is 2.09. The van der Waals surface area contributed by atoms with Crippen molar-refractivity contribution >= 4 is 5.91 Å². The molecule has 0 saturated heterocycles. The lowest BCUT2D eigenvalue weighted by molar-refractivity contribution is 0.0885. The van der Waals surface area contributed by atoms with E-state index in [2.05, 4.69) is 5.32 Å². The topological polar surface area (TPSA) is 62.5 Å². The summed E-state index contributed by atoms with van der Waals surface area (Å²) in [6, 6.07) is 10.8. The highest BCUT2D eigenvalue weighted by atomic mass is 16.4. The number of aliphatic hydroxyl groups excluding tert-OH is 1. The molecule has 0 aliphatic carbocycles. The van der Waals surface area contributed by atoms with E-state index in [1.807, 2.05) is 50.2 Å². The average molecular weight is 273 g/mol. The van der Waals surface area contributed by atoms with E-state index in [1.54, 1.807) is 0 Å². The normalized spacial score (nSPS) is 12.2. The van der Waals surface area contributed by atoms with E-state index in [4.69, 9.17) is 4.42 Å². The number of aryl methyl sites for hydroxylation is 2. The number of benzene rings is 1. The molecule has 0 fully saturated rings. The van der Waals surface area contributed by atoms with Crippen LogP contribution in [0.2, 0.25) is 0 Å². The van der Waals surface area contributed by atoms with Gasteiger partial charge in [0.05, 0.1) is 12.6 Å². The van der Waals surface area contributed by atoms with Gasteiger partial charge in [-0.3, -0.25) is 4.79 Å². The molecule has 1 heterocycles. The predicted octanol–water partition coefficient (Wildman–Crippen LogP) is 2.61. The van der Waals surface area contributed by atoms with Gasteiger partial charge in [-0.2, -0.15) is 0 Å². The molecule has 2 N–H and O–H groups in total. The zero-order chi connectivity index (χ0) is 14.5. The summed E-state index contributed by atoms with van der Waals surface area (Å²) in [5.41, 5.74) is 1.67. The first-order valence-electron chi connectivity index (χ1n) is 6.71. The fourth-order valence-corrected chi connectivity index (χ4v) is 2.09. The quantitative estimate of drug-likeness (QED) is 0.880. The van der Waals surface area contributed by atoms with Gasteiger partial charge in [0, 0.05) is 12.0 Å². The maximum atomic E-state index is 12.2. The minimum atomic E-state index is -0.432. The van der Waals surface area contributed by atoms with Crippen LogP contribution in [0.1, 0.15) is 40.4 Å². The fraction of sp³-hybridized carbons (Fsp3) is 0.312. The first-order valence-corrected chi connectivity index (χ1v) is 6.71. The predicted molar refractivity (Wildman–Crippen MR) is 76.6 cm³/mol. The molecule has 1 atom stereocenters. The molecule has 1 aromatic carbocycles. The number of furan rings is 1. The smallest absolute Gasteiger partial charge is 0.287 e. The van der Waals surface area contributed by atoms with E-state index in [9.17, 15) is 9.90 Å². The van der Waals surface area contributed by atoms with Gasteiger partial charge in [-0.1, -0.05) is 37.3 Å². The van der Waals surface area contributed by atoms with Crippen LogP contribution < -0.4 is 5.32 Å². The summed E-state index contributed by atoms with van der Waals surface area (Å²) < 4.78 is 5.51. The van der Waals surface area contributed by atoms with Crippen LogP contribution in [-0.2, 0) is 6.42 Å². The van der Waals surface area contributed by atoms with Crippen LogP contribution in [0, 0.1) is 6.92 Å². The second-order valence-corrected chi connectivity index (χ2v) is 4.70. The van der Waals surface area contributed by atoms with E-state index in [1.165, 1.54) is 0 Å². The molecule has 0 saturated carbocycles. The van der Waals surface area contributed by atoms with Crippen LogP contribution in [-0.4, -0.2) is 17.6 Å². The van der Waals surface area contributed by atoms with E-state index < -0.39 is 6.04 Å². The summed E-state index contributed by atoms with van der Waals surface area (Å²) >= 11 is 0. The van der Waals surface area contributed by atoms with Gasteiger partial charge in [-0.05, 0) is 18.6 Å². The zero-order valence-corrected chi connectivity index (χ0v) is 11.7. The summed E-state index contributed by atoms with van der Waals surface area (Å²) in [5.74, 6) is 0.800. The molecule has 4 heteroatoms. The van der Waals surface area contributed by atoms with Crippen LogP contribution >= 0.6 is 0 Å². The molecule has 2 rings (SSSR count). The molecule has 0 aliphatic heterocycles. The lowest BCUT2D eigenvalue weighted by Gasteiger charge is -2.16. The largest absolute Gasteiger partial charge is 0.456 e. The highest BCUT2D eigenvalue weighted by Crippen LogP contribution is 2.17. The molecule has 1 aromatic heterocycles. The third-order valence-electron chi connectivity index (χ3n) is 3.21. The van der Waals surface area contributed by atoms with Gasteiger partial charge in [0.15, 0.2) is 5.76 Å². The van der Waals surface area contributed by atoms with Crippen molar-refractivity contribution in [3.05, 3.63) is 59.0 Å². The Morgan fingerprint density at radius 3 is 2.60 bits per heavy atom. The Hall–Kier alpha value is -2.07. The SMILES string of the molecule is CCc1cc(C)c(C(=O)N[C@H](CO)c2ccccc2)o1. The molecular formula is C16H19NO3. The van der Waals surface area contributed by atoms with Crippen molar-refractivity contribution in [3.63, 3.8) is 0 Å². The molecule has 4 nitrogen and oxygen atoms in total. The Morgan fingerprint density at radius 2 is 2.05 bits per heavy atom. The second kappa shape index (κ2) is 6.39. The summed E-state index contributed by atoms with van der Waals surface area (Å²) in [6.45, 7) is 3.66. The molecule has 0 unspecified atom stereocenters. The molecule has 0 aliphatic rings. The Bertz CT molecular complexity index is 575. The minimum absolute atomic E-state index is 0.157. The van der Waals surface area contributed by atoms with Crippen molar-refractivity contribution in [2.24, 2.45) is 0 Å². The standard InChI is InChI=1S/C16H19NO3/c1-3-13-9-11(2)15(20-13)16(19)17-14(10-18)12-7-5-4-6-8-12/h4-9,14,18H,3,10H2,1-2H3,(H,17,19)/t14-/m1/s1. The monoisotopic (exact) mass is 273 g/mol. The lowest BCUT2D eigenvalue weighted by atomic mass is 10.1. The van der Waals surface area contributed by atoms with E-state index in [-0.39, 0.29) is 12.5 Å². The van der Waals surface area contributed by atoms with Gasteiger partial charge in [0.1, 0.15) is 5.76 Å². The van der Waals surface area contributed by atoms with Crippen LogP contribution in [0.15, 0.2) is 40.8 Å². The Morgan fingerprint density at radius 1 is 1.35 bits per heavy atom. The highest BCUT2D eigenvalue weighted by molar-refractivity contribution is 5.93. The van der Waals surface area contributed by atoms with Crippen molar-refractivity contribution in [1.82, 2.24) is 5.32 Å². The number of amides is 1. The minimum Gasteiger partial charge on any atom is -0.456 e. The molecule has 0 radical (unpaired) electrons. The number of carbonyl (C=O) groups excluding carboxylic acids is 1. The second-order valence-electron chi connectivity index (χ2n) is 4.70. The summed E-state index contributed by atoms with van der Waals surface area (Å²) in [4.78, 5) is 12.2. The maximum Gasteiger partial charge on any atom is 0.287 e. The van der Waals surface area contributed by atoms with Gasteiger partial charge in [-0.15, -0.1) is 0 Å². The van der Waals surface area contributed by atoms with Gasteiger partial charge >= 0.3 is 0 Å². The summed E-state index contributed by atoms with van der Waals surface area (Å²) in [6.07, 6.45) is 0.746. The van der Waals surface area contributed by atoms with E-state index >= 15 is 0 Å². The number of hydrogen-bond donors (Lipinski definition) is 2. The van der Waals surface area contributed by atoms with Crippen LogP contribution in [0.5, 0.6) is 0 Å². The molecule has 20 heavy (non-hydrogen) atoms. The number of aliphatic hydroxyl groups is 1. The van der Waals surface area contributed by atoms with Crippen molar-refractivity contribution in [1.29, 1.82) is 0 Å². The first kappa shape index (κ1) is 14.3. The van der Waals surface area contributed by atoms with Crippen LogP contribution in [0.3, 0.4) is 0 Å². The molecule has 106 valence electrons. The molecule has 1 amide bonds. The van der Waals surface area contributed by atoms with Crippen molar-refractivity contribution < 1.29 is 14.3 Å². The molecule has 0 spiro atoms. The summed E-state index contributed by atoms with van der Waals surface area (Å²) in [7, 11) is 0. The number of nitrogens with one attached hydrogen (secondary N) is 1. The van der Waals surface area contributed by atoms with E-state index in [0.29, 0.717) is 5.76 Å². The van der Waals surface area contributed by atoms with E-state index in [0.717, 1.165) is 23.3 Å². The van der Waals surface area contributed by atoms with Crippen molar-refractivity contribution in [2.45, 2.75) is 26.3 Å². The third-order valence-corrected chi connectivity index (χ3v) is 3.21. The number of rotatable bonds is 5. The van der Waals surface area contributed by atoms with Crippen molar-refractivity contribution in [2.75, 3.05) is 6.61 Å². The summed E-state index contributed by atoms with van der Waals surface area (Å²) in [5, 5.41) is 12.2. The zero-order valence-electron chi connectivity index (χ0n) is 11.7. The van der Waals surface area contributed by atoms with Gasteiger partial charge < -0.3 is 14.8 Å². The van der Waals surface area contributed by atoms with Crippen LogP contribution in [0.4, 0.5) is 0 Å². The van der Waals surface area contributed by atoms with Crippen molar-refractivity contribution in [3.8, 4) is 0 Å². The molecular weight excluding hydrogens is 254 g/mol. The lowest BCUT2D eigenvalue weighted by Crippen LogP contribution is -2.30. The Labute approximate surface area is 118 Å². The average Bonchev–Trinajstić information content (AvgIpc) is 2.86. The Kier molecular flexibility index (Phi) is 4.58. The van der Waals surface area contributed by atoms with Gasteiger partial charge in [0.25, 0.3) is 5.91 Å². The van der Waals surface area contributed by atoms with Gasteiger partial charge in [-0.25, -0.2) is 0 Å². The maximum absolute atomic E-state index is 12.2. The first-order chi connectivity index (χ1) is 9.65. The number of hydrogen-bond acceptors (Lipinski definition) is 3.